The summed E-state index contributed by atoms with van der Waals surface area (Å²) in [5.74, 6) is 1.67. The molecule has 1 spiro atoms. The second kappa shape index (κ2) is 9.45. The van der Waals surface area contributed by atoms with Gasteiger partial charge in [-0.25, -0.2) is 0 Å². The number of alkyl halides is 6. The summed E-state index contributed by atoms with van der Waals surface area (Å²) in [5, 5.41) is 0. The molecule has 5 fully saturated rings. The van der Waals surface area contributed by atoms with Gasteiger partial charge >= 0.3 is 18.3 Å². The third-order valence-corrected chi connectivity index (χ3v) is 11.8. The van der Waals surface area contributed by atoms with Crippen LogP contribution >= 0.6 is 0 Å². The van der Waals surface area contributed by atoms with E-state index < -0.39 is 35.0 Å². The molecule has 226 valence electrons. The van der Waals surface area contributed by atoms with Crippen LogP contribution in [0.4, 0.5) is 26.3 Å². The number of carbonyl (C=O) groups excluding carboxylic acids is 2. The first-order valence-electron chi connectivity index (χ1n) is 14.8. The van der Waals surface area contributed by atoms with E-state index in [1.54, 1.807) is 4.90 Å². The topological polar surface area (TPSA) is 46.6 Å². The number of esters is 1. The monoisotopic (exact) mass is 585 g/mol. The van der Waals surface area contributed by atoms with Crippen molar-refractivity contribution in [2.75, 3.05) is 13.1 Å². The fraction of sp³-hybridized carbons (Fsp3) is 0.742. The van der Waals surface area contributed by atoms with Gasteiger partial charge in [0, 0.05) is 24.9 Å². The number of hydrogen-bond donors (Lipinski definition) is 0. The van der Waals surface area contributed by atoms with E-state index >= 15 is 0 Å². The van der Waals surface area contributed by atoms with Crippen LogP contribution in [0.5, 0.6) is 0 Å². The normalized spacial score (nSPS) is 39.7. The highest BCUT2D eigenvalue weighted by molar-refractivity contribution is 5.87. The predicted octanol–water partition coefficient (Wildman–Crippen LogP) is 7.43. The molecule has 0 aromatic heterocycles. The Morgan fingerprint density at radius 1 is 0.878 bits per heavy atom. The smallest absolute Gasteiger partial charge is 0.416 e. The van der Waals surface area contributed by atoms with Gasteiger partial charge in [0.2, 0.25) is 0 Å². The van der Waals surface area contributed by atoms with E-state index in [4.69, 9.17) is 4.74 Å². The number of carbonyl (C=O) groups is 2. The van der Waals surface area contributed by atoms with Crippen LogP contribution in [0, 0.1) is 34.5 Å². The fourth-order valence-electron chi connectivity index (χ4n) is 9.75. The molecule has 1 aliphatic heterocycles. The summed E-state index contributed by atoms with van der Waals surface area (Å²) in [7, 11) is 0. The molecule has 4 nitrogen and oxygen atoms in total. The highest BCUT2D eigenvalue weighted by Gasteiger charge is 2.62. The van der Waals surface area contributed by atoms with Crippen molar-refractivity contribution in [3.05, 3.63) is 34.9 Å². The first-order valence-corrected chi connectivity index (χ1v) is 14.8. The SMILES string of the molecule is C[C@]12CC[C@@]3(C[C@@H]1CC[C@@H]1[C@@H]2CC[C@]2(C)C(=O)CC[C@@H]12)CN(Cc1cc(C(F)(F)F)cc(C(F)(F)F)c1)CC(=O)O3. The Morgan fingerprint density at radius 2 is 1.56 bits per heavy atom. The Labute approximate surface area is 236 Å². The second-order valence-corrected chi connectivity index (χ2v) is 14.0. The van der Waals surface area contributed by atoms with Gasteiger partial charge in [0.1, 0.15) is 11.4 Å². The molecule has 0 unspecified atom stereocenters. The number of rotatable bonds is 2. The molecule has 6 rings (SSSR count). The lowest BCUT2D eigenvalue weighted by molar-refractivity contribution is -0.200. The number of halogens is 6. The van der Waals surface area contributed by atoms with Gasteiger partial charge in [-0.1, -0.05) is 13.8 Å². The Morgan fingerprint density at radius 3 is 2.22 bits per heavy atom. The molecular formula is C31H37F6NO3. The van der Waals surface area contributed by atoms with Crippen LogP contribution in [0.3, 0.4) is 0 Å². The van der Waals surface area contributed by atoms with E-state index in [9.17, 15) is 35.9 Å². The van der Waals surface area contributed by atoms with Gasteiger partial charge in [-0.3, -0.25) is 14.5 Å². The van der Waals surface area contributed by atoms with Crippen LogP contribution in [0.1, 0.15) is 88.3 Å². The third kappa shape index (κ3) is 4.89. The van der Waals surface area contributed by atoms with Crippen LogP contribution in [0.25, 0.3) is 0 Å². The zero-order valence-electron chi connectivity index (χ0n) is 23.5. The first kappa shape index (κ1) is 29.0. The minimum absolute atomic E-state index is 0.0540. The van der Waals surface area contributed by atoms with Crippen molar-refractivity contribution < 1.29 is 40.7 Å². The lowest BCUT2D eigenvalue weighted by Gasteiger charge is -2.62. The molecular weight excluding hydrogens is 548 g/mol. The standard InChI is InChI=1S/C31H37F6NO3/c1-27-9-10-29(14-19(27)3-4-22-23-5-6-25(39)28(23,2)8-7-24(22)27)17-38(16-26(40)41-29)15-18-11-20(30(32,33)34)13-21(12-18)31(35,36)37/h11-13,19,22-24H,3-10,14-17H2,1-2H3/t19-,22-,23-,24-,27-,28-,29+/m0/s1. The average molecular weight is 586 g/mol. The number of fused-ring (bicyclic) bond motifs is 5. The maximum Gasteiger partial charge on any atom is 0.416 e. The molecule has 4 aliphatic carbocycles. The van der Waals surface area contributed by atoms with Gasteiger partial charge < -0.3 is 4.74 Å². The fourth-order valence-corrected chi connectivity index (χ4v) is 9.75. The van der Waals surface area contributed by atoms with E-state index in [0.29, 0.717) is 48.7 Å². The Kier molecular flexibility index (Phi) is 6.68. The van der Waals surface area contributed by atoms with Gasteiger partial charge in [-0.2, -0.15) is 26.3 Å². The molecule has 1 saturated heterocycles. The van der Waals surface area contributed by atoms with Crippen molar-refractivity contribution in [1.82, 2.24) is 4.90 Å². The lowest BCUT2D eigenvalue weighted by atomic mass is 9.44. The molecule has 41 heavy (non-hydrogen) atoms. The number of hydrogen-bond acceptors (Lipinski definition) is 4. The van der Waals surface area contributed by atoms with E-state index in [1.807, 2.05) is 0 Å². The van der Waals surface area contributed by atoms with Crippen LogP contribution in [-0.2, 0) is 33.2 Å². The minimum Gasteiger partial charge on any atom is -0.457 e. The van der Waals surface area contributed by atoms with Gasteiger partial charge in [-0.05, 0) is 104 Å². The summed E-state index contributed by atoms with van der Waals surface area (Å²) in [6.45, 7) is 4.41. The lowest BCUT2D eigenvalue weighted by Crippen LogP contribution is -2.61. The molecule has 5 aliphatic rings. The first-order chi connectivity index (χ1) is 19.0. The molecule has 4 saturated carbocycles. The van der Waals surface area contributed by atoms with E-state index in [2.05, 4.69) is 13.8 Å². The second-order valence-electron chi connectivity index (χ2n) is 14.0. The number of benzene rings is 1. The van der Waals surface area contributed by atoms with Gasteiger partial charge in [0.05, 0.1) is 17.7 Å². The maximum absolute atomic E-state index is 13.4. The zero-order valence-corrected chi connectivity index (χ0v) is 23.5. The number of morpholine rings is 1. The molecule has 1 heterocycles. The Hall–Kier alpha value is -2.10. The minimum atomic E-state index is -4.92. The predicted molar refractivity (Wildman–Crippen MR) is 137 cm³/mol. The highest BCUT2D eigenvalue weighted by atomic mass is 19.4. The van der Waals surface area contributed by atoms with Gasteiger partial charge in [0.25, 0.3) is 0 Å². The van der Waals surface area contributed by atoms with Crippen molar-refractivity contribution in [2.24, 2.45) is 34.5 Å². The number of nitrogens with zero attached hydrogens (tertiary/aromatic N) is 1. The molecule has 7 atom stereocenters. The summed E-state index contributed by atoms with van der Waals surface area (Å²) < 4.78 is 86.5. The van der Waals surface area contributed by atoms with Gasteiger partial charge in [-0.15, -0.1) is 0 Å². The molecule has 10 heteroatoms. The number of ether oxygens (including phenoxy) is 1. The quantitative estimate of drug-likeness (QED) is 0.268. The van der Waals surface area contributed by atoms with E-state index in [-0.39, 0.29) is 42.1 Å². The maximum atomic E-state index is 13.4. The largest absolute Gasteiger partial charge is 0.457 e. The molecule has 0 bridgehead atoms. The average Bonchev–Trinajstić information content (AvgIpc) is 3.17. The number of ketones is 1. The Balaban J connectivity index is 1.21. The van der Waals surface area contributed by atoms with Crippen molar-refractivity contribution in [1.29, 1.82) is 0 Å². The van der Waals surface area contributed by atoms with Crippen molar-refractivity contribution in [3.8, 4) is 0 Å². The molecule has 1 aromatic carbocycles. The third-order valence-electron chi connectivity index (χ3n) is 11.8. The summed E-state index contributed by atoms with van der Waals surface area (Å²) in [4.78, 5) is 27.2. The van der Waals surface area contributed by atoms with Crippen molar-refractivity contribution >= 4 is 11.8 Å². The molecule has 0 amide bonds. The van der Waals surface area contributed by atoms with Crippen molar-refractivity contribution in [2.45, 2.75) is 96.1 Å². The number of Topliss-reactive ketones (excluding diaryl/α,β-unsaturated/α-hetero) is 1. The van der Waals surface area contributed by atoms with E-state index in [0.717, 1.165) is 50.7 Å². The summed E-state index contributed by atoms with van der Waals surface area (Å²) in [5.41, 5.74) is -3.78. The summed E-state index contributed by atoms with van der Waals surface area (Å²) in [6, 6.07) is 1.61. The van der Waals surface area contributed by atoms with Gasteiger partial charge in [0.15, 0.2) is 0 Å². The zero-order chi connectivity index (χ0) is 29.6. The van der Waals surface area contributed by atoms with E-state index in [1.165, 1.54) is 0 Å². The molecule has 0 N–H and O–H groups in total. The summed E-state index contributed by atoms with van der Waals surface area (Å²) >= 11 is 0. The van der Waals surface area contributed by atoms with Crippen molar-refractivity contribution in [3.63, 3.8) is 0 Å². The van der Waals surface area contributed by atoms with Crippen LogP contribution < -0.4 is 0 Å². The van der Waals surface area contributed by atoms with Crippen LogP contribution in [0.15, 0.2) is 18.2 Å². The highest BCUT2D eigenvalue weighted by Crippen LogP contribution is 2.66. The summed E-state index contributed by atoms with van der Waals surface area (Å²) in [6.07, 6.45) is -2.14. The van der Waals surface area contributed by atoms with Crippen LogP contribution in [-0.4, -0.2) is 35.3 Å². The molecule has 0 radical (unpaired) electrons. The molecule has 1 aromatic rings. The Bertz CT molecular complexity index is 1210. The van der Waals surface area contributed by atoms with Crippen LogP contribution in [0.2, 0.25) is 0 Å².